The first-order valence-corrected chi connectivity index (χ1v) is 26.0. The Balaban J connectivity index is 0.000000296. The zero-order chi connectivity index (χ0) is 48.7. The number of phosphoric acid groups is 2. The fourth-order valence-electron chi connectivity index (χ4n) is 6.57. The van der Waals surface area contributed by atoms with E-state index in [1.807, 2.05) is 140 Å². The summed E-state index contributed by atoms with van der Waals surface area (Å²) in [5.41, 5.74) is 8.02. The van der Waals surface area contributed by atoms with E-state index in [9.17, 15) is 14.0 Å². The third-order valence-corrected chi connectivity index (χ3v) is 12.5. The molecule has 0 heterocycles. The van der Waals surface area contributed by atoms with Crippen LogP contribution in [0.2, 0.25) is 0 Å². The van der Waals surface area contributed by atoms with Crippen LogP contribution in [0.5, 0.6) is 11.5 Å². The van der Waals surface area contributed by atoms with Crippen LogP contribution in [-0.2, 0) is 80.6 Å². The third kappa shape index (κ3) is 20.6. The van der Waals surface area contributed by atoms with E-state index >= 15 is 0 Å². The summed E-state index contributed by atoms with van der Waals surface area (Å²) in [5, 5.41) is 0. The molecular weight excluding hydrogens is 1010 g/mol. The SMILES string of the molecule is CC(C)c1cccc(C(C)C)c1OCCl.CC(C)c1cccc(C(C)C)c1OCOP(=O)(OCc1ccccc1)OCc1ccccc1.O=P(O)(OCc1ccccc1)OCc1ccccc1.[Ag]. The van der Waals surface area contributed by atoms with Crippen molar-refractivity contribution in [2.45, 2.75) is 105 Å². The van der Waals surface area contributed by atoms with E-state index in [2.05, 4.69) is 73.6 Å². The minimum Gasteiger partial charge on any atom is -0.477 e. The summed E-state index contributed by atoms with van der Waals surface area (Å²) in [5.74, 6) is 3.20. The van der Waals surface area contributed by atoms with Crippen LogP contribution >= 0.6 is 27.2 Å². The topological polar surface area (TPSA) is 119 Å². The van der Waals surface area contributed by atoms with Crippen molar-refractivity contribution < 1.29 is 68.5 Å². The molecule has 1 N–H and O–H groups in total. The molecule has 6 rings (SSSR count). The van der Waals surface area contributed by atoms with Crippen LogP contribution in [-0.4, -0.2) is 17.8 Å². The van der Waals surface area contributed by atoms with Gasteiger partial charge in [-0.1, -0.05) is 225 Å². The Labute approximate surface area is 425 Å². The average molecular weight is 1080 g/mol. The van der Waals surface area contributed by atoms with Crippen LogP contribution in [0.3, 0.4) is 0 Å². The Morgan fingerprint density at radius 1 is 0.412 bits per heavy atom. The molecule has 0 aliphatic carbocycles. The first-order chi connectivity index (χ1) is 32.1. The Kier molecular flexibility index (Phi) is 26.4. The molecule has 0 aliphatic rings. The van der Waals surface area contributed by atoms with Crippen molar-refractivity contribution in [3.05, 3.63) is 202 Å². The monoisotopic (exact) mass is 1080 g/mol. The van der Waals surface area contributed by atoms with E-state index in [0.717, 1.165) is 44.9 Å². The quantitative estimate of drug-likeness (QED) is 0.0305. The Morgan fingerprint density at radius 2 is 0.691 bits per heavy atom. The van der Waals surface area contributed by atoms with E-state index < -0.39 is 15.6 Å². The minimum atomic E-state index is -4.02. The Bertz CT molecular complexity index is 2260. The molecule has 0 unspecified atom stereocenters. The molecule has 6 aromatic carbocycles. The minimum absolute atomic E-state index is 0. The molecule has 0 saturated heterocycles. The first kappa shape index (κ1) is 58.5. The van der Waals surface area contributed by atoms with E-state index in [-0.39, 0.29) is 73.5 Å². The summed E-state index contributed by atoms with van der Waals surface area (Å²) in [7, 11) is -7.91. The van der Waals surface area contributed by atoms with Crippen molar-refractivity contribution in [1.82, 2.24) is 0 Å². The molecule has 0 amide bonds. The van der Waals surface area contributed by atoms with Crippen LogP contribution in [0.25, 0.3) is 0 Å². The van der Waals surface area contributed by atoms with Crippen molar-refractivity contribution in [3.63, 3.8) is 0 Å². The van der Waals surface area contributed by atoms with E-state index in [4.69, 9.17) is 43.7 Å². The Morgan fingerprint density at radius 3 is 0.971 bits per heavy atom. The van der Waals surface area contributed by atoms with Gasteiger partial charge < -0.3 is 14.4 Å². The van der Waals surface area contributed by atoms with Crippen LogP contribution in [0, 0.1) is 0 Å². The fraction of sp³-hybridized carbons (Fsp3) is 0.333. The number of halogens is 1. The molecule has 68 heavy (non-hydrogen) atoms. The van der Waals surface area contributed by atoms with Gasteiger partial charge in [0.15, 0.2) is 12.9 Å². The number of rotatable bonds is 22. The van der Waals surface area contributed by atoms with Crippen molar-refractivity contribution in [3.8, 4) is 11.5 Å². The number of hydrogen-bond donors (Lipinski definition) is 1. The van der Waals surface area contributed by atoms with Gasteiger partial charge in [0.25, 0.3) is 0 Å². The molecule has 6 aromatic rings. The molecule has 1 radical (unpaired) electrons. The number of ether oxygens (including phenoxy) is 2. The summed E-state index contributed by atoms with van der Waals surface area (Å²) < 4.78 is 63.5. The summed E-state index contributed by atoms with van der Waals surface area (Å²) in [6.45, 7) is 17.2. The Hall–Kier alpha value is -3.83. The van der Waals surface area contributed by atoms with Crippen molar-refractivity contribution in [1.29, 1.82) is 0 Å². The summed E-state index contributed by atoms with van der Waals surface area (Å²) in [6.07, 6.45) is 0. The van der Waals surface area contributed by atoms with E-state index in [1.165, 1.54) is 11.1 Å². The molecular formula is C54H67AgClO10P2. The maximum Gasteiger partial charge on any atom is 0.478 e. The van der Waals surface area contributed by atoms with Gasteiger partial charge >= 0.3 is 15.6 Å². The molecule has 0 aromatic heterocycles. The molecule has 0 bridgehead atoms. The molecule has 10 nitrogen and oxygen atoms in total. The molecule has 0 fully saturated rings. The van der Waals surface area contributed by atoms with Gasteiger partial charge in [0.05, 0.1) is 26.4 Å². The van der Waals surface area contributed by atoms with Gasteiger partial charge in [-0.15, -0.1) is 0 Å². The smallest absolute Gasteiger partial charge is 0.477 e. The predicted molar refractivity (Wildman–Crippen MR) is 270 cm³/mol. The molecule has 371 valence electrons. The second-order valence-electron chi connectivity index (χ2n) is 16.7. The van der Waals surface area contributed by atoms with Gasteiger partial charge in [-0.05, 0) is 68.2 Å². The average Bonchev–Trinajstić information content (AvgIpc) is 3.33. The maximum atomic E-state index is 13.4. The molecule has 14 heteroatoms. The van der Waals surface area contributed by atoms with Crippen LogP contribution in [0.15, 0.2) is 158 Å². The number of para-hydroxylation sites is 2. The molecule has 0 saturated carbocycles. The summed E-state index contributed by atoms with van der Waals surface area (Å²) in [6, 6.07) is 50.0. The van der Waals surface area contributed by atoms with Gasteiger partial charge in [-0.3, -0.25) is 18.1 Å². The predicted octanol–water partition coefficient (Wildman–Crippen LogP) is 15.9. The molecule has 0 aliphatic heterocycles. The fourth-order valence-corrected chi connectivity index (χ4v) is 8.40. The number of alkyl halides is 1. The van der Waals surface area contributed by atoms with Gasteiger partial charge in [0.1, 0.15) is 11.5 Å². The standard InChI is InChI=1S/C27H33O5P.C14H15O4P.C13H19ClO.Ag/c1-21(2)25-16-11-17-26(22(3)4)27(25)29-20-32-33(28,30-18-23-12-7-5-8-13-23)31-19-24-14-9-6-10-15-24;15-19(16,17-11-13-7-3-1-4-8-13)18-12-14-9-5-2-6-10-14;1-9(2)11-6-5-7-12(10(3)4)13(11)15-8-14;/h5-17,21-22H,18-20H2,1-4H3;1-10H,11-12H2,(H,15,16);5-7,9-10H,8H2,1-4H3;. The molecule has 0 atom stereocenters. The van der Waals surface area contributed by atoms with Crippen molar-refractivity contribution in [2.24, 2.45) is 0 Å². The van der Waals surface area contributed by atoms with Gasteiger partial charge in [-0.2, -0.15) is 0 Å². The van der Waals surface area contributed by atoms with Crippen molar-refractivity contribution >= 4 is 27.2 Å². The molecule has 0 spiro atoms. The number of phosphoric ester groups is 2. The normalized spacial score (nSPS) is 11.4. The van der Waals surface area contributed by atoms with Crippen LogP contribution < -0.4 is 9.47 Å². The van der Waals surface area contributed by atoms with Crippen LogP contribution in [0.1, 0.15) is 124 Å². The van der Waals surface area contributed by atoms with Gasteiger partial charge in [0, 0.05) is 22.4 Å². The summed E-state index contributed by atoms with van der Waals surface area (Å²) >= 11 is 5.67. The number of benzene rings is 6. The second-order valence-corrected chi connectivity index (χ2v) is 20.1. The summed E-state index contributed by atoms with van der Waals surface area (Å²) in [4.78, 5) is 9.55. The zero-order valence-electron chi connectivity index (χ0n) is 40.3. The van der Waals surface area contributed by atoms with Crippen molar-refractivity contribution in [2.75, 3.05) is 12.9 Å². The van der Waals surface area contributed by atoms with Gasteiger partial charge in [-0.25, -0.2) is 13.7 Å². The largest absolute Gasteiger partial charge is 0.478 e. The third-order valence-electron chi connectivity index (χ3n) is 10.2. The first-order valence-electron chi connectivity index (χ1n) is 22.5. The van der Waals surface area contributed by atoms with Gasteiger partial charge in [0.2, 0.25) is 0 Å². The second kappa shape index (κ2) is 30.7. The zero-order valence-corrected chi connectivity index (χ0v) is 44.3. The number of hydrogen-bond acceptors (Lipinski definition) is 9. The maximum absolute atomic E-state index is 13.4. The van der Waals surface area contributed by atoms with E-state index in [1.54, 1.807) is 0 Å². The van der Waals surface area contributed by atoms with Crippen LogP contribution in [0.4, 0.5) is 0 Å². The van der Waals surface area contributed by atoms with E-state index in [0.29, 0.717) is 11.8 Å².